The monoisotopic (exact) mass is 412 g/mol. The number of allylic oxidation sites excluding steroid dienone is 1. The van der Waals surface area contributed by atoms with Gasteiger partial charge in [0.25, 0.3) is 0 Å². The van der Waals surface area contributed by atoms with Crippen molar-refractivity contribution in [2.45, 2.75) is 70.3 Å². The minimum Gasteiger partial charge on any atom is -0.449 e. The van der Waals surface area contributed by atoms with Crippen LogP contribution in [0.3, 0.4) is 0 Å². The summed E-state index contributed by atoms with van der Waals surface area (Å²) < 4.78 is 4.67. The summed E-state index contributed by atoms with van der Waals surface area (Å²) in [6.07, 6.45) is 13.0. The number of carbonyl (C=O) groups excluding carboxylic acids is 1. The summed E-state index contributed by atoms with van der Waals surface area (Å²) in [5.74, 6) is 3.43. The molecule has 0 bridgehead atoms. The smallest absolute Gasteiger partial charge is 0.449 e. The first kappa shape index (κ1) is 19.1. The summed E-state index contributed by atoms with van der Waals surface area (Å²) in [4.78, 5) is 23.0. The molecule has 0 unspecified atom stereocenters. The van der Waals surface area contributed by atoms with Gasteiger partial charge in [-0.2, -0.15) is 0 Å². The first-order chi connectivity index (χ1) is 14.4. The summed E-state index contributed by atoms with van der Waals surface area (Å²) >= 11 is 0. The van der Waals surface area contributed by atoms with Gasteiger partial charge in [0.15, 0.2) is 5.78 Å². The normalized spacial score (nSPS) is 49.7. The van der Waals surface area contributed by atoms with Gasteiger partial charge in [0.05, 0.1) is 11.9 Å². The van der Waals surface area contributed by atoms with Crippen molar-refractivity contribution in [3.63, 3.8) is 0 Å². The van der Waals surface area contributed by atoms with Crippen molar-refractivity contribution in [3.8, 4) is 0 Å². The lowest BCUT2D eigenvalue weighted by Crippen LogP contribution is -2.56. The maximum Gasteiger partial charge on any atom is 0.510 e. The van der Waals surface area contributed by atoms with Crippen LogP contribution in [0.25, 0.3) is 0 Å². The van der Waals surface area contributed by atoms with E-state index in [2.05, 4.69) is 11.7 Å². The van der Waals surface area contributed by atoms with E-state index in [9.17, 15) is 14.7 Å². The highest BCUT2D eigenvalue weighted by Gasteiger charge is 2.77. The number of carbonyl (C=O) groups is 2. The van der Waals surface area contributed by atoms with Crippen molar-refractivity contribution in [2.75, 3.05) is 0 Å². The topological polar surface area (TPSA) is 83.8 Å². The fraction of sp³-hybridized carbons (Fsp3) is 0.760. The van der Waals surface area contributed by atoms with E-state index >= 15 is 0 Å². The average Bonchev–Trinajstić information content (AvgIpc) is 3.63. The Morgan fingerprint density at radius 3 is 2.73 bits per heavy atom. The summed E-state index contributed by atoms with van der Waals surface area (Å²) in [6, 6.07) is 0. The maximum atomic E-state index is 12.2. The number of hydrogen-bond donors (Lipinski definition) is 2. The summed E-state index contributed by atoms with van der Waals surface area (Å²) in [6.45, 7) is 2.20. The predicted octanol–water partition coefficient (Wildman–Crippen LogP) is 4.70. The standard InChI is InChI=1S/C25H32O5/c1-2-24-6-5-15-16-4-3-14(26)11-19(16)23(7-8-23)13-18(15)21(24)17-12-20(17)25(24,29)9-10-30-22(27)28/h9-11,15-18,20-21,29H,2-8,12-13H2,1H3,(H,27,28)/b10-9-/t15-,16-,17-,18-,20+,21+,24+,25+/m1/s1. The molecule has 162 valence electrons. The van der Waals surface area contributed by atoms with Gasteiger partial charge in [-0.15, -0.1) is 0 Å². The van der Waals surface area contributed by atoms with E-state index in [4.69, 9.17) is 5.11 Å². The van der Waals surface area contributed by atoms with E-state index in [1.165, 1.54) is 31.1 Å². The highest BCUT2D eigenvalue weighted by molar-refractivity contribution is 5.91. The lowest BCUT2D eigenvalue weighted by molar-refractivity contribution is -0.132. The van der Waals surface area contributed by atoms with Crippen molar-refractivity contribution >= 4 is 11.9 Å². The van der Waals surface area contributed by atoms with Gasteiger partial charge in [0, 0.05) is 11.8 Å². The van der Waals surface area contributed by atoms with Crippen molar-refractivity contribution < 1.29 is 24.5 Å². The molecule has 6 rings (SSSR count). The molecule has 5 fully saturated rings. The molecule has 1 spiro atoms. The van der Waals surface area contributed by atoms with E-state index in [1.54, 1.807) is 6.08 Å². The van der Waals surface area contributed by atoms with Gasteiger partial charge in [-0.1, -0.05) is 12.5 Å². The van der Waals surface area contributed by atoms with Crippen LogP contribution >= 0.6 is 0 Å². The molecule has 0 radical (unpaired) electrons. The largest absolute Gasteiger partial charge is 0.510 e. The summed E-state index contributed by atoms with van der Waals surface area (Å²) in [5, 5.41) is 20.8. The molecule has 6 aliphatic carbocycles. The number of fused-ring (bicyclic) bond motifs is 8. The quantitative estimate of drug-likeness (QED) is 0.518. The van der Waals surface area contributed by atoms with Crippen molar-refractivity contribution in [1.29, 1.82) is 0 Å². The maximum absolute atomic E-state index is 12.2. The molecule has 0 amide bonds. The number of ether oxygens (including phenoxy) is 1. The van der Waals surface area contributed by atoms with Crippen LogP contribution in [0, 0.1) is 46.3 Å². The molecule has 5 nitrogen and oxygen atoms in total. The van der Waals surface area contributed by atoms with Crippen molar-refractivity contribution in [3.05, 3.63) is 24.0 Å². The minimum absolute atomic E-state index is 0.179. The molecule has 2 N–H and O–H groups in total. The molecule has 0 aromatic carbocycles. The number of ketones is 1. The van der Waals surface area contributed by atoms with E-state index in [0.717, 1.165) is 32.1 Å². The molecule has 5 heteroatoms. The lowest BCUT2D eigenvalue weighted by atomic mass is 9.46. The number of carboxylic acid groups (broad SMARTS) is 1. The van der Waals surface area contributed by atoms with Gasteiger partial charge in [-0.3, -0.25) is 4.79 Å². The molecule has 8 atom stereocenters. The van der Waals surface area contributed by atoms with Crippen LogP contribution < -0.4 is 0 Å². The third kappa shape index (κ3) is 2.28. The zero-order chi connectivity index (χ0) is 20.9. The minimum atomic E-state index is -1.33. The second-order valence-corrected chi connectivity index (χ2v) is 11.1. The van der Waals surface area contributed by atoms with Crippen LogP contribution in [0.2, 0.25) is 0 Å². The van der Waals surface area contributed by atoms with Crippen LogP contribution in [-0.2, 0) is 9.53 Å². The number of rotatable bonds is 3. The second kappa shape index (κ2) is 5.99. The van der Waals surface area contributed by atoms with Gasteiger partial charge in [0.1, 0.15) is 0 Å². The van der Waals surface area contributed by atoms with Gasteiger partial charge >= 0.3 is 6.16 Å². The van der Waals surface area contributed by atoms with E-state index in [0.29, 0.717) is 41.8 Å². The zero-order valence-electron chi connectivity index (χ0n) is 17.7. The highest BCUT2D eigenvalue weighted by atomic mass is 16.7. The van der Waals surface area contributed by atoms with E-state index < -0.39 is 11.8 Å². The Morgan fingerprint density at radius 1 is 1.23 bits per heavy atom. The number of aliphatic hydroxyl groups is 1. The first-order valence-corrected chi connectivity index (χ1v) is 11.9. The Kier molecular flexibility index (Phi) is 3.82. The van der Waals surface area contributed by atoms with E-state index in [1.807, 2.05) is 6.08 Å². The Balaban J connectivity index is 1.38. The second-order valence-electron chi connectivity index (χ2n) is 11.1. The summed E-state index contributed by atoms with van der Waals surface area (Å²) in [5.41, 5.74) is 0.611. The molecule has 5 saturated carbocycles. The summed E-state index contributed by atoms with van der Waals surface area (Å²) in [7, 11) is 0. The van der Waals surface area contributed by atoms with Crippen LogP contribution in [0.5, 0.6) is 0 Å². The average molecular weight is 413 g/mol. The molecular weight excluding hydrogens is 380 g/mol. The molecule has 0 heterocycles. The third-order valence-electron chi connectivity index (χ3n) is 10.4. The fourth-order valence-electron chi connectivity index (χ4n) is 9.13. The number of hydrogen-bond acceptors (Lipinski definition) is 4. The molecule has 0 saturated heterocycles. The van der Waals surface area contributed by atoms with Crippen LogP contribution in [0.4, 0.5) is 4.79 Å². The Morgan fingerprint density at radius 2 is 2.03 bits per heavy atom. The Hall–Kier alpha value is -1.62. The molecule has 6 aliphatic rings. The first-order valence-electron chi connectivity index (χ1n) is 11.9. The molecule has 0 aromatic rings. The van der Waals surface area contributed by atoms with E-state index in [-0.39, 0.29) is 16.7 Å². The molecule has 30 heavy (non-hydrogen) atoms. The SMILES string of the molecule is CC[C@]12CC[C@H]3[C@@H](CC4(CC4)C4=CC(=O)CC[C@@H]43)[C@@H]1[C@@H]1C[C@@H]1[C@@]2(O)/C=C\OC(=O)O. The highest BCUT2D eigenvalue weighted by Crippen LogP contribution is 2.79. The molecule has 0 aliphatic heterocycles. The van der Waals surface area contributed by atoms with Crippen LogP contribution in [0.15, 0.2) is 24.0 Å². The van der Waals surface area contributed by atoms with Gasteiger partial charge in [-0.05, 0) is 104 Å². The molecule has 0 aromatic heterocycles. The zero-order valence-corrected chi connectivity index (χ0v) is 17.7. The lowest BCUT2D eigenvalue weighted by Gasteiger charge is -2.59. The van der Waals surface area contributed by atoms with Crippen LogP contribution in [-0.4, -0.2) is 27.8 Å². The van der Waals surface area contributed by atoms with Crippen LogP contribution in [0.1, 0.15) is 64.7 Å². The predicted molar refractivity (Wildman–Crippen MR) is 109 cm³/mol. The van der Waals surface area contributed by atoms with Crippen molar-refractivity contribution in [2.24, 2.45) is 46.3 Å². The van der Waals surface area contributed by atoms with Gasteiger partial charge in [0.2, 0.25) is 0 Å². The van der Waals surface area contributed by atoms with Gasteiger partial charge in [-0.25, -0.2) is 4.79 Å². The Labute approximate surface area is 177 Å². The van der Waals surface area contributed by atoms with Crippen molar-refractivity contribution in [1.82, 2.24) is 0 Å². The molecular formula is C25H32O5. The fourth-order valence-corrected chi connectivity index (χ4v) is 9.13. The third-order valence-corrected chi connectivity index (χ3v) is 10.4. The van der Waals surface area contributed by atoms with Gasteiger partial charge < -0.3 is 14.9 Å². The Bertz CT molecular complexity index is 869.